The van der Waals surface area contributed by atoms with Crippen LogP contribution in [0.5, 0.6) is 5.75 Å². The molecule has 1 heterocycles. The van der Waals surface area contributed by atoms with Crippen molar-refractivity contribution in [2.45, 2.75) is 45.2 Å². The van der Waals surface area contributed by atoms with Gasteiger partial charge in [0, 0.05) is 12.5 Å². The summed E-state index contributed by atoms with van der Waals surface area (Å²) in [6.07, 6.45) is 0.0233. The van der Waals surface area contributed by atoms with E-state index in [-0.39, 0.29) is 60.5 Å². The largest absolute Gasteiger partial charge is 0.483 e. The number of rotatable bonds is 5. The van der Waals surface area contributed by atoms with Crippen molar-refractivity contribution in [2.75, 3.05) is 6.61 Å². The molecule has 1 N–H and O–H groups in total. The third-order valence-corrected chi connectivity index (χ3v) is 4.47. The SMILES string of the molecule is CC(C)NC(=O)COc1cccc2c1C(=O)N(C1CCC(=O)CC1=O)C2=O. The first-order chi connectivity index (χ1) is 12.8. The summed E-state index contributed by atoms with van der Waals surface area (Å²) < 4.78 is 5.46. The van der Waals surface area contributed by atoms with Crippen LogP contribution in [0.3, 0.4) is 0 Å². The number of ketones is 2. The van der Waals surface area contributed by atoms with E-state index in [0.29, 0.717) is 0 Å². The molecule has 2 aliphatic rings. The van der Waals surface area contributed by atoms with E-state index >= 15 is 0 Å². The molecule has 1 aromatic carbocycles. The summed E-state index contributed by atoms with van der Waals surface area (Å²) in [6.45, 7) is 3.32. The van der Waals surface area contributed by atoms with Gasteiger partial charge < -0.3 is 10.1 Å². The van der Waals surface area contributed by atoms with Crippen molar-refractivity contribution in [3.8, 4) is 5.75 Å². The van der Waals surface area contributed by atoms with Crippen molar-refractivity contribution in [3.05, 3.63) is 29.3 Å². The molecule has 1 atom stereocenters. The number of carbonyl (C=O) groups excluding carboxylic acids is 5. The Morgan fingerprint density at radius 1 is 1.22 bits per heavy atom. The van der Waals surface area contributed by atoms with Gasteiger partial charge in [-0.15, -0.1) is 0 Å². The van der Waals surface area contributed by atoms with Gasteiger partial charge in [-0.25, -0.2) is 0 Å². The molecular weight excluding hydrogens is 352 g/mol. The Labute approximate surface area is 155 Å². The number of fused-ring (bicyclic) bond motifs is 1. The van der Waals surface area contributed by atoms with Gasteiger partial charge in [0.15, 0.2) is 12.4 Å². The number of hydrogen-bond donors (Lipinski definition) is 1. The fourth-order valence-electron chi connectivity index (χ4n) is 3.32. The molecule has 8 nitrogen and oxygen atoms in total. The zero-order valence-electron chi connectivity index (χ0n) is 15.1. The second-order valence-electron chi connectivity index (χ2n) is 6.91. The van der Waals surface area contributed by atoms with E-state index in [2.05, 4.69) is 5.32 Å². The van der Waals surface area contributed by atoms with Crippen LogP contribution < -0.4 is 10.1 Å². The summed E-state index contributed by atoms with van der Waals surface area (Å²) in [4.78, 5) is 61.9. The van der Waals surface area contributed by atoms with Gasteiger partial charge >= 0.3 is 0 Å². The molecule has 0 bridgehead atoms. The number of amides is 3. The molecule has 3 rings (SSSR count). The van der Waals surface area contributed by atoms with Crippen molar-refractivity contribution >= 4 is 29.3 Å². The highest BCUT2D eigenvalue weighted by molar-refractivity contribution is 6.24. The number of hydrogen-bond acceptors (Lipinski definition) is 6. The molecule has 27 heavy (non-hydrogen) atoms. The molecule has 0 aromatic heterocycles. The van der Waals surface area contributed by atoms with Crippen LogP contribution in [0.4, 0.5) is 0 Å². The van der Waals surface area contributed by atoms with Crippen molar-refractivity contribution < 1.29 is 28.7 Å². The minimum Gasteiger partial charge on any atom is -0.483 e. The maximum absolute atomic E-state index is 12.9. The molecule has 3 amide bonds. The monoisotopic (exact) mass is 372 g/mol. The highest BCUT2D eigenvalue weighted by Gasteiger charge is 2.45. The molecule has 0 radical (unpaired) electrons. The quantitative estimate of drug-likeness (QED) is 0.607. The molecule has 0 saturated heterocycles. The maximum atomic E-state index is 12.9. The molecule has 1 fully saturated rings. The van der Waals surface area contributed by atoms with Gasteiger partial charge in [-0.2, -0.15) is 0 Å². The molecular formula is C19H20N2O6. The lowest BCUT2D eigenvalue weighted by atomic mass is 9.92. The molecule has 1 unspecified atom stereocenters. The molecule has 8 heteroatoms. The van der Waals surface area contributed by atoms with E-state index in [0.717, 1.165) is 4.90 Å². The number of ether oxygens (including phenoxy) is 1. The Hall–Kier alpha value is -3.03. The van der Waals surface area contributed by atoms with Crippen molar-refractivity contribution in [3.63, 3.8) is 0 Å². The Morgan fingerprint density at radius 2 is 1.96 bits per heavy atom. The second kappa shape index (κ2) is 7.30. The number of nitrogens with one attached hydrogen (secondary N) is 1. The van der Waals surface area contributed by atoms with Crippen molar-refractivity contribution in [1.82, 2.24) is 10.2 Å². The van der Waals surface area contributed by atoms with Gasteiger partial charge in [0.1, 0.15) is 11.5 Å². The average Bonchev–Trinajstić information content (AvgIpc) is 2.85. The molecule has 0 spiro atoms. The summed E-state index contributed by atoms with van der Waals surface area (Å²) in [7, 11) is 0. The van der Waals surface area contributed by atoms with Crippen LogP contribution in [-0.2, 0) is 14.4 Å². The lowest BCUT2D eigenvalue weighted by Gasteiger charge is -2.27. The van der Waals surface area contributed by atoms with Crippen molar-refractivity contribution in [1.29, 1.82) is 0 Å². The Bertz CT molecular complexity index is 845. The average molecular weight is 372 g/mol. The molecule has 1 aliphatic carbocycles. The zero-order chi connectivity index (χ0) is 19.7. The summed E-state index contributed by atoms with van der Waals surface area (Å²) >= 11 is 0. The third kappa shape index (κ3) is 3.60. The van der Waals surface area contributed by atoms with Gasteiger partial charge in [0.2, 0.25) is 0 Å². The van der Waals surface area contributed by atoms with E-state index in [1.807, 2.05) is 13.8 Å². The fraction of sp³-hybridized carbons (Fsp3) is 0.421. The first-order valence-corrected chi connectivity index (χ1v) is 8.77. The standard InChI is InChI=1S/C19H20N2O6/c1-10(2)20-16(24)9-27-15-5-3-4-12-17(15)19(26)21(18(12)25)13-7-6-11(22)8-14(13)23/h3-5,10,13H,6-9H2,1-2H3,(H,20,24). The summed E-state index contributed by atoms with van der Waals surface area (Å²) in [5, 5.41) is 2.67. The second-order valence-corrected chi connectivity index (χ2v) is 6.91. The van der Waals surface area contributed by atoms with Crippen LogP contribution in [-0.4, -0.2) is 52.9 Å². The summed E-state index contributed by atoms with van der Waals surface area (Å²) in [5.74, 6) is -2.07. The van der Waals surface area contributed by atoms with Gasteiger partial charge in [-0.05, 0) is 32.4 Å². The lowest BCUT2D eigenvalue weighted by molar-refractivity contribution is -0.132. The topological polar surface area (TPSA) is 110 Å². The van der Waals surface area contributed by atoms with Gasteiger partial charge in [0.05, 0.1) is 23.6 Å². The van der Waals surface area contributed by atoms with Crippen LogP contribution in [0, 0.1) is 0 Å². The minimum absolute atomic E-state index is 0.0459. The molecule has 1 aliphatic heterocycles. The first-order valence-electron chi connectivity index (χ1n) is 8.77. The number of imide groups is 1. The minimum atomic E-state index is -0.938. The lowest BCUT2D eigenvalue weighted by Crippen LogP contribution is -2.47. The number of carbonyl (C=O) groups is 5. The van der Waals surface area contributed by atoms with E-state index in [1.165, 1.54) is 12.1 Å². The smallest absolute Gasteiger partial charge is 0.266 e. The predicted molar refractivity (Wildman–Crippen MR) is 93.4 cm³/mol. The van der Waals surface area contributed by atoms with Gasteiger partial charge in [-0.3, -0.25) is 28.9 Å². The van der Waals surface area contributed by atoms with Crippen molar-refractivity contribution in [2.24, 2.45) is 0 Å². The number of nitrogens with zero attached hydrogens (tertiary/aromatic N) is 1. The Balaban J connectivity index is 1.83. The summed E-state index contributed by atoms with van der Waals surface area (Å²) in [6, 6.07) is 3.54. The van der Waals surface area contributed by atoms with Crippen LogP contribution in [0.1, 0.15) is 53.8 Å². The predicted octanol–water partition coefficient (Wildman–Crippen LogP) is 0.877. The highest BCUT2D eigenvalue weighted by Crippen LogP contribution is 2.34. The number of Topliss-reactive ketones (excluding diaryl/α,β-unsaturated/α-hetero) is 2. The van der Waals surface area contributed by atoms with Crippen LogP contribution in [0.15, 0.2) is 18.2 Å². The van der Waals surface area contributed by atoms with Crippen LogP contribution in [0.2, 0.25) is 0 Å². The van der Waals surface area contributed by atoms with Gasteiger partial charge in [-0.1, -0.05) is 6.07 Å². The van der Waals surface area contributed by atoms with Crippen LogP contribution in [0.25, 0.3) is 0 Å². The Morgan fingerprint density at radius 3 is 2.63 bits per heavy atom. The first kappa shape index (κ1) is 18.8. The molecule has 1 aromatic rings. The van der Waals surface area contributed by atoms with E-state index in [4.69, 9.17) is 4.74 Å². The molecule has 1 saturated carbocycles. The molecule has 142 valence electrons. The normalized spacial score (nSPS) is 19.5. The van der Waals surface area contributed by atoms with E-state index < -0.39 is 23.6 Å². The maximum Gasteiger partial charge on any atom is 0.266 e. The zero-order valence-corrected chi connectivity index (χ0v) is 15.1. The van der Waals surface area contributed by atoms with E-state index in [9.17, 15) is 24.0 Å². The third-order valence-electron chi connectivity index (χ3n) is 4.47. The Kier molecular flexibility index (Phi) is 5.07. The van der Waals surface area contributed by atoms with Crippen LogP contribution >= 0.6 is 0 Å². The van der Waals surface area contributed by atoms with Gasteiger partial charge in [0.25, 0.3) is 17.7 Å². The highest BCUT2D eigenvalue weighted by atomic mass is 16.5. The summed E-state index contributed by atoms with van der Waals surface area (Å²) in [5.41, 5.74) is 0.177. The number of benzene rings is 1. The fourth-order valence-corrected chi connectivity index (χ4v) is 3.32. The van der Waals surface area contributed by atoms with E-state index in [1.54, 1.807) is 6.07 Å².